The van der Waals surface area contributed by atoms with Gasteiger partial charge in [-0.05, 0) is 26.8 Å². The molecule has 2 aromatic rings. The third kappa shape index (κ3) is 3.40. The third-order valence-electron chi connectivity index (χ3n) is 2.77. The van der Waals surface area contributed by atoms with Gasteiger partial charge in [-0.25, -0.2) is 4.79 Å². The molecule has 0 aliphatic rings. The van der Waals surface area contributed by atoms with Crippen molar-refractivity contribution >= 4 is 28.9 Å². The Morgan fingerprint density at radius 3 is 2.71 bits per heavy atom. The Morgan fingerprint density at radius 2 is 2.14 bits per heavy atom. The normalized spacial score (nSPS) is 10.4. The van der Waals surface area contributed by atoms with Crippen molar-refractivity contribution in [2.75, 3.05) is 11.9 Å². The number of carbonyl (C=O) groups is 2. The molecule has 0 saturated heterocycles. The highest BCUT2D eigenvalue weighted by Crippen LogP contribution is 2.28. The maximum absolute atomic E-state index is 11.9. The number of nitrogens with one attached hydrogen (secondary N) is 2. The summed E-state index contributed by atoms with van der Waals surface area (Å²) in [4.78, 5) is 23.8. The van der Waals surface area contributed by atoms with Crippen LogP contribution in [0.1, 0.15) is 25.9 Å². The number of carboxylic acids is 1. The van der Waals surface area contributed by atoms with E-state index in [2.05, 4.69) is 15.5 Å². The van der Waals surface area contributed by atoms with Gasteiger partial charge >= 0.3 is 5.97 Å². The minimum atomic E-state index is -1.06. The molecule has 2 aromatic heterocycles. The van der Waals surface area contributed by atoms with Crippen LogP contribution in [0, 0.1) is 20.8 Å². The van der Waals surface area contributed by atoms with Gasteiger partial charge in [-0.2, -0.15) is 5.10 Å². The second-order valence-electron chi connectivity index (χ2n) is 4.50. The number of carboxylic acid groups (broad SMARTS) is 1. The summed E-state index contributed by atoms with van der Waals surface area (Å²) in [5.74, 6) is -1.23. The van der Waals surface area contributed by atoms with Gasteiger partial charge in [0, 0.05) is 4.88 Å². The predicted octanol–water partition coefficient (Wildman–Crippen LogP) is 2.11. The molecule has 8 heteroatoms. The molecule has 1 amide bonds. The van der Waals surface area contributed by atoms with Gasteiger partial charge in [0.05, 0.1) is 17.1 Å². The topological polar surface area (TPSA) is 104 Å². The highest BCUT2D eigenvalue weighted by molar-refractivity contribution is 7.14. The fraction of sp³-hybridized carbons (Fsp3) is 0.308. The maximum atomic E-state index is 11.9. The van der Waals surface area contributed by atoms with Crippen LogP contribution in [-0.4, -0.2) is 33.8 Å². The molecule has 0 atom stereocenters. The first-order valence-corrected chi connectivity index (χ1v) is 6.98. The van der Waals surface area contributed by atoms with E-state index in [9.17, 15) is 9.59 Å². The quantitative estimate of drug-likeness (QED) is 0.784. The number of aromatic nitrogens is 2. The molecule has 0 aliphatic carbocycles. The SMILES string of the molecule is Cc1cc(OCC(=O)Nc2c(C)n[nH]c2C)c(C(=O)O)s1. The predicted molar refractivity (Wildman–Crippen MR) is 78.2 cm³/mol. The van der Waals surface area contributed by atoms with Crippen molar-refractivity contribution in [2.24, 2.45) is 0 Å². The van der Waals surface area contributed by atoms with Gasteiger partial charge in [-0.3, -0.25) is 9.89 Å². The van der Waals surface area contributed by atoms with Crippen molar-refractivity contribution in [3.8, 4) is 5.75 Å². The Morgan fingerprint density at radius 1 is 1.43 bits per heavy atom. The summed E-state index contributed by atoms with van der Waals surface area (Å²) in [5, 5.41) is 18.5. The number of hydrogen-bond donors (Lipinski definition) is 3. The lowest BCUT2D eigenvalue weighted by atomic mass is 10.3. The number of amides is 1. The Labute approximate surface area is 124 Å². The first-order chi connectivity index (χ1) is 9.88. The fourth-order valence-corrected chi connectivity index (χ4v) is 2.59. The summed E-state index contributed by atoms with van der Waals surface area (Å²) in [6.07, 6.45) is 0. The Kier molecular flexibility index (Phi) is 4.27. The third-order valence-corrected chi connectivity index (χ3v) is 3.79. The average Bonchev–Trinajstić information content (AvgIpc) is 2.93. The molecule has 2 rings (SSSR count). The lowest BCUT2D eigenvalue weighted by Gasteiger charge is -2.07. The summed E-state index contributed by atoms with van der Waals surface area (Å²) >= 11 is 1.11. The lowest BCUT2D eigenvalue weighted by Crippen LogP contribution is -2.21. The van der Waals surface area contributed by atoms with Gasteiger partial charge in [0.25, 0.3) is 5.91 Å². The Balaban J connectivity index is 2.00. The van der Waals surface area contributed by atoms with E-state index in [1.54, 1.807) is 26.8 Å². The number of aromatic carboxylic acids is 1. The van der Waals surface area contributed by atoms with Gasteiger partial charge in [0.2, 0.25) is 0 Å². The van der Waals surface area contributed by atoms with E-state index in [0.29, 0.717) is 11.4 Å². The van der Waals surface area contributed by atoms with Crippen LogP contribution in [-0.2, 0) is 4.79 Å². The van der Waals surface area contributed by atoms with E-state index in [-0.39, 0.29) is 23.1 Å². The van der Waals surface area contributed by atoms with Crippen LogP contribution in [0.4, 0.5) is 5.69 Å². The van der Waals surface area contributed by atoms with E-state index >= 15 is 0 Å². The molecule has 3 N–H and O–H groups in total. The molecule has 2 heterocycles. The number of anilines is 1. The maximum Gasteiger partial charge on any atom is 0.349 e. The summed E-state index contributed by atoms with van der Waals surface area (Å²) in [6.45, 7) is 5.08. The second kappa shape index (κ2) is 5.96. The number of aryl methyl sites for hydroxylation is 3. The molecule has 0 aromatic carbocycles. The highest BCUT2D eigenvalue weighted by Gasteiger charge is 2.17. The smallest absolute Gasteiger partial charge is 0.349 e. The number of carbonyl (C=O) groups excluding carboxylic acids is 1. The van der Waals surface area contributed by atoms with Crippen molar-refractivity contribution < 1.29 is 19.4 Å². The standard InChI is InChI=1S/C13H15N3O4S/c1-6-4-9(12(21-6)13(18)19)20-5-10(17)14-11-7(2)15-16-8(11)3/h4H,5H2,1-3H3,(H,14,17)(H,15,16)(H,18,19). The van der Waals surface area contributed by atoms with E-state index in [1.165, 1.54) is 0 Å². The second-order valence-corrected chi connectivity index (χ2v) is 5.76. The van der Waals surface area contributed by atoms with Gasteiger partial charge in [-0.15, -0.1) is 11.3 Å². The summed E-state index contributed by atoms with van der Waals surface area (Å²) < 4.78 is 5.30. The molecule has 21 heavy (non-hydrogen) atoms. The van der Waals surface area contributed by atoms with Crippen molar-refractivity contribution in [2.45, 2.75) is 20.8 Å². The monoisotopic (exact) mass is 309 g/mol. The number of H-pyrrole nitrogens is 1. The van der Waals surface area contributed by atoms with Crippen molar-refractivity contribution in [3.63, 3.8) is 0 Å². The zero-order valence-corrected chi connectivity index (χ0v) is 12.6. The van der Waals surface area contributed by atoms with Crippen LogP contribution in [0.5, 0.6) is 5.75 Å². The number of aromatic amines is 1. The molecule has 0 fully saturated rings. The van der Waals surface area contributed by atoms with Crippen LogP contribution in [0.15, 0.2) is 6.07 Å². The number of nitrogens with zero attached hydrogens (tertiary/aromatic N) is 1. The molecule has 0 bridgehead atoms. The van der Waals surface area contributed by atoms with Gasteiger partial charge in [-0.1, -0.05) is 0 Å². The first-order valence-electron chi connectivity index (χ1n) is 6.16. The van der Waals surface area contributed by atoms with Crippen molar-refractivity contribution in [3.05, 3.63) is 27.2 Å². The number of hydrogen-bond acceptors (Lipinski definition) is 5. The molecule has 7 nitrogen and oxygen atoms in total. The molecule has 112 valence electrons. The first kappa shape index (κ1) is 15.0. The minimum Gasteiger partial charge on any atom is -0.482 e. The van der Waals surface area contributed by atoms with Crippen LogP contribution in [0.2, 0.25) is 0 Å². The van der Waals surface area contributed by atoms with E-state index in [4.69, 9.17) is 9.84 Å². The number of rotatable bonds is 5. The summed E-state index contributed by atoms with van der Waals surface area (Å²) in [7, 11) is 0. The van der Waals surface area contributed by atoms with Crippen molar-refractivity contribution in [1.29, 1.82) is 0 Å². The molecule has 0 saturated carbocycles. The van der Waals surface area contributed by atoms with E-state index in [0.717, 1.165) is 21.9 Å². The largest absolute Gasteiger partial charge is 0.482 e. The van der Waals surface area contributed by atoms with Crippen LogP contribution in [0.25, 0.3) is 0 Å². The summed E-state index contributed by atoms with van der Waals surface area (Å²) in [6, 6.07) is 1.61. The minimum absolute atomic E-state index is 0.0935. The molecule has 0 aliphatic heterocycles. The molecule has 0 unspecified atom stereocenters. The zero-order chi connectivity index (χ0) is 15.6. The molecular formula is C13H15N3O4S. The Bertz CT molecular complexity index is 670. The number of ether oxygens (including phenoxy) is 1. The Hall–Kier alpha value is -2.35. The van der Waals surface area contributed by atoms with E-state index in [1.807, 2.05) is 0 Å². The highest BCUT2D eigenvalue weighted by atomic mass is 32.1. The summed E-state index contributed by atoms with van der Waals surface area (Å²) in [5.41, 5.74) is 2.04. The van der Waals surface area contributed by atoms with Crippen molar-refractivity contribution in [1.82, 2.24) is 10.2 Å². The van der Waals surface area contributed by atoms with Gasteiger partial charge in [0.15, 0.2) is 11.5 Å². The van der Waals surface area contributed by atoms with E-state index < -0.39 is 5.97 Å². The van der Waals surface area contributed by atoms with Gasteiger partial charge in [0.1, 0.15) is 5.75 Å². The molecule has 0 spiro atoms. The fourth-order valence-electron chi connectivity index (χ4n) is 1.80. The lowest BCUT2D eigenvalue weighted by molar-refractivity contribution is -0.118. The molecule has 0 radical (unpaired) electrons. The zero-order valence-electron chi connectivity index (χ0n) is 11.8. The van der Waals surface area contributed by atoms with Gasteiger partial charge < -0.3 is 15.2 Å². The molecular weight excluding hydrogens is 294 g/mol. The van der Waals surface area contributed by atoms with Crippen LogP contribution in [0.3, 0.4) is 0 Å². The van der Waals surface area contributed by atoms with Crippen LogP contribution < -0.4 is 10.1 Å². The number of thiophene rings is 1. The average molecular weight is 309 g/mol. The van der Waals surface area contributed by atoms with Crippen LogP contribution >= 0.6 is 11.3 Å².